The number of aromatic amines is 1. The van der Waals surface area contributed by atoms with E-state index in [0.717, 1.165) is 29.5 Å². The molecule has 3 atom stereocenters. The van der Waals surface area contributed by atoms with E-state index in [-0.39, 0.29) is 41.6 Å². The van der Waals surface area contributed by atoms with Crippen LogP contribution in [-0.2, 0) is 17.6 Å². The van der Waals surface area contributed by atoms with E-state index >= 15 is 0 Å². The van der Waals surface area contributed by atoms with Crippen LogP contribution in [0.4, 0.5) is 4.39 Å². The molecule has 5 aromatic rings. The average molecular weight is 652 g/mol. The van der Waals surface area contributed by atoms with E-state index in [0.29, 0.717) is 63.6 Å². The SMILES string of the molecule is CO[C@@H]1C[C@H](NC(=O)c2ccc(-c3c4c(nc(CCc5ccc(F)cc5)c3-c3noc(=O)[nH]3)[C@@H]3CCCN3C4=O)s2)c2ccccc21. The van der Waals surface area contributed by atoms with Gasteiger partial charge in [-0.25, -0.2) is 9.18 Å². The van der Waals surface area contributed by atoms with Gasteiger partial charge in [0.15, 0.2) is 5.82 Å². The van der Waals surface area contributed by atoms with Crippen molar-refractivity contribution in [1.82, 2.24) is 25.3 Å². The molecule has 0 unspecified atom stereocenters. The average Bonchev–Trinajstić information content (AvgIpc) is 3.92. The van der Waals surface area contributed by atoms with E-state index < -0.39 is 5.76 Å². The number of carbonyl (C=O) groups excluding carboxylic acids is 2. The second kappa shape index (κ2) is 11.7. The van der Waals surface area contributed by atoms with Crippen LogP contribution in [0.25, 0.3) is 21.8 Å². The summed E-state index contributed by atoms with van der Waals surface area (Å²) in [5, 5.41) is 7.20. The van der Waals surface area contributed by atoms with Gasteiger partial charge in [0, 0.05) is 30.5 Å². The zero-order valence-corrected chi connectivity index (χ0v) is 26.2. The van der Waals surface area contributed by atoms with E-state index in [9.17, 15) is 18.8 Å². The first-order valence-corrected chi connectivity index (χ1v) is 16.4. The summed E-state index contributed by atoms with van der Waals surface area (Å²) in [4.78, 5) is 50.6. The molecule has 2 aliphatic heterocycles. The lowest BCUT2D eigenvalue weighted by Crippen LogP contribution is -2.26. The summed E-state index contributed by atoms with van der Waals surface area (Å²) in [6, 6.07) is 17.5. The molecule has 0 spiro atoms. The molecule has 3 aliphatic rings. The van der Waals surface area contributed by atoms with Crippen LogP contribution >= 0.6 is 11.3 Å². The first-order chi connectivity index (χ1) is 22.9. The normalized spacial score (nSPS) is 19.6. The van der Waals surface area contributed by atoms with Crippen molar-refractivity contribution < 1.29 is 23.2 Å². The highest BCUT2D eigenvalue weighted by molar-refractivity contribution is 7.17. The van der Waals surface area contributed by atoms with Crippen LogP contribution < -0.4 is 11.1 Å². The van der Waals surface area contributed by atoms with Gasteiger partial charge in [0.05, 0.1) is 45.6 Å². The molecule has 1 saturated heterocycles. The number of hydrogen-bond donors (Lipinski definition) is 2. The van der Waals surface area contributed by atoms with Crippen LogP contribution in [0.5, 0.6) is 0 Å². The summed E-state index contributed by atoms with van der Waals surface area (Å²) in [6.07, 6.45) is 3.17. The molecule has 3 aromatic heterocycles. The molecule has 2 amide bonds. The first-order valence-electron chi connectivity index (χ1n) is 15.6. The van der Waals surface area contributed by atoms with E-state index in [1.807, 2.05) is 35.2 Å². The fourth-order valence-corrected chi connectivity index (χ4v) is 8.22. The number of pyridine rings is 1. The predicted octanol–water partition coefficient (Wildman–Crippen LogP) is 5.93. The zero-order chi connectivity index (χ0) is 32.2. The largest absolute Gasteiger partial charge is 0.439 e. The number of benzene rings is 2. The van der Waals surface area contributed by atoms with E-state index in [4.69, 9.17) is 14.2 Å². The van der Waals surface area contributed by atoms with Crippen LogP contribution in [0.15, 0.2) is 70.0 Å². The smallest absolute Gasteiger partial charge is 0.377 e. The number of ether oxygens (including phenoxy) is 1. The van der Waals surface area contributed by atoms with Crippen LogP contribution in [0.1, 0.15) is 85.6 Å². The molecule has 0 bridgehead atoms. The zero-order valence-electron chi connectivity index (χ0n) is 25.4. The maximum atomic E-state index is 14.0. The molecule has 1 fully saturated rings. The number of amides is 2. The summed E-state index contributed by atoms with van der Waals surface area (Å²) < 4.78 is 24.2. The van der Waals surface area contributed by atoms with Crippen molar-refractivity contribution in [2.45, 2.75) is 50.3 Å². The van der Waals surface area contributed by atoms with Crippen LogP contribution in [-0.4, -0.2) is 45.5 Å². The third-order valence-electron chi connectivity index (χ3n) is 9.42. The highest BCUT2D eigenvalue weighted by Gasteiger charge is 2.44. The molecule has 238 valence electrons. The molecule has 10 nitrogen and oxygen atoms in total. The van der Waals surface area contributed by atoms with Crippen LogP contribution in [0.3, 0.4) is 0 Å². The molecule has 0 saturated carbocycles. The number of carbonyl (C=O) groups is 2. The number of halogens is 1. The van der Waals surface area contributed by atoms with Crippen molar-refractivity contribution in [2.75, 3.05) is 13.7 Å². The lowest BCUT2D eigenvalue weighted by atomic mass is 9.93. The van der Waals surface area contributed by atoms with Crippen LogP contribution in [0, 0.1) is 5.82 Å². The standard InChI is InChI=1S/C35H30FN5O5S/c1-45-25-17-23(20-5-2-3-6-21(20)25)38-33(42)27-15-14-26(47-27)29-28(32-39-35(44)46-40-32)22(13-10-18-8-11-19(36)12-9-18)37-31-24-7-4-16-41(24)34(43)30(29)31/h2-3,5-6,8-9,11-12,14-15,23-25H,4,7,10,13,16-17H2,1H3,(H,38,42)(H,39,40,44)/t23-,24-,25+/m0/s1. The Kier molecular flexibility index (Phi) is 7.33. The third kappa shape index (κ3) is 5.08. The number of aromatic nitrogens is 3. The van der Waals surface area contributed by atoms with Gasteiger partial charge in [-0.15, -0.1) is 11.3 Å². The fourth-order valence-electron chi connectivity index (χ4n) is 7.26. The van der Waals surface area contributed by atoms with Crippen molar-refractivity contribution >= 4 is 23.2 Å². The lowest BCUT2D eigenvalue weighted by molar-refractivity contribution is 0.0775. The molecule has 5 heterocycles. The van der Waals surface area contributed by atoms with Gasteiger partial charge in [-0.1, -0.05) is 41.6 Å². The second-order valence-corrected chi connectivity index (χ2v) is 13.2. The summed E-state index contributed by atoms with van der Waals surface area (Å²) >= 11 is 1.27. The van der Waals surface area contributed by atoms with Crippen molar-refractivity contribution in [3.05, 3.63) is 116 Å². The Morgan fingerprint density at radius 3 is 2.64 bits per heavy atom. The van der Waals surface area contributed by atoms with E-state index in [1.165, 1.54) is 23.5 Å². The van der Waals surface area contributed by atoms with Gasteiger partial charge in [-0.3, -0.25) is 24.1 Å². The number of aryl methyl sites for hydroxylation is 2. The number of hydrogen-bond acceptors (Lipinski definition) is 8. The minimum Gasteiger partial charge on any atom is -0.377 e. The molecule has 12 heteroatoms. The van der Waals surface area contributed by atoms with Gasteiger partial charge in [-0.05, 0) is 66.6 Å². The monoisotopic (exact) mass is 651 g/mol. The molecule has 47 heavy (non-hydrogen) atoms. The van der Waals surface area contributed by atoms with E-state index in [1.54, 1.807) is 25.3 Å². The number of thiophene rings is 1. The summed E-state index contributed by atoms with van der Waals surface area (Å²) in [5.41, 5.74) is 5.84. The predicted molar refractivity (Wildman–Crippen MR) is 172 cm³/mol. The molecule has 1 aliphatic carbocycles. The van der Waals surface area contributed by atoms with Crippen molar-refractivity contribution in [3.8, 4) is 21.8 Å². The topological polar surface area (TPSA) is 130 Å². The molecular weight excluding hydrogens is 621 g/mol. The molecule has 0 radical (unpaired) electrons. The molecule has 2 aromatic carbocycles. The van der Waals surface area contributed by atoms with Gasteiger partial charge in [0.1, 0.15) is 5.82 Å². The van der Waals surface area contributed by atoms with Gasteiger partial charge >= 0.3 is 5.76 Å². The number of methoxy groups -OCH3 is 1. The highest BCUT2D eigenvalue weighted by atomic mass is 32.1. The highest BCUT2D eigenvalue weighted by Crippen LogP contribution is 2.49. The second-order valence-electron chi connectivity index (χ2n) is 12.1. The Hall–Kier alpha value is -4.94. The number of nitrogens with zero attached hydrogens (tertiary/aromatic N) is 3. The van der Waals surface area contributed by atoms with Crippen molar-refractivity contribution in [3.63, 3.8) is 0 Å². The quantitative estimate of drug-likeness (QED) is 0.213. The minimum atomic E-state index is -0.736. The Balaban J connectivity index is 1.22. The number of fused-ring (bicyclic) bond motifs is 4. The third-order valence-corrected chi connectivity index (χ3v) is 10.5. The first kappa shape index (κ1) is 29.5. The Morgan fingerprint density at radius 2 is 1.87 bits per heavy atom. The van der Waals surface area contributed by atoms with Gasteiger partial charge in [0.25, 0.3) is 11.8 Å². The maximum absolute atomic E-state index is 14.0. The summed E-state index contributed by atoms with van der Waals surface area (Å²) in [6.45, 7) is 0.629. The van der Waals surface area contributed by atoms with Crippen molar-refractivity contribution in [2.24, 2.45) is 0 Å². The number of H-pyrrole nitrogens is 1. The molecular formula is C35H30FN5O5S. The molecule has 8 rings (SSSR count). The van der Waals surface area contributed by atoms with E-state index in [2.05, 4.69) is 15.5 Å². The summed E-state index contributed by atoms with van der Waals surface area (Å²) in [7, 11) is 1.67. The fraction of sp³-hybridized carbons (Fsp3) is 0.286. The minimum absolute atomic E-state index is 0.101. The van der Waals surface area contributed by atoms with Crippen LogP contribution in [0.2, 0.25) is 0 Å². The van der Waals surface area contributed by atoms with Gasteiger partial charge < -0.3 is 15.0 Å². The number of rotatable bonds is 8. The lowest BCUT2D eigenvalue weighted by Gasteiger charge is -2.16. The summed E-state index contributed by atoms with van der Waals surface area (Å²) in [5.74, 6) is -1.26. The Labute approximate surface area is 272 Å². The maximum Gasteiger partial charge on any atom is 0.439 e. The van der Waals surface area contributed by atoms with Gasteiger partial charge in [0.2, 0.25) is 0 Å². The van der Waals surface area contributed by atoms with Crippen molar-refractivity contribution in [1.29, 1.82) is 0 Å². The molecule has 2 N–H and O–H groups in total. The van der Waals surface area contributed by atoms with Gasteiger partial charge in [-0.2, -0.15) is 0 Å². The number of nitrogens with one attached hydrogen (secondary N) is 2. The Bertz CT molecular complexity index is 2090. The Morgan fingerprint density at radius 1 is 1.06 bits per heavy atom.